The van der Waals surface area contributed by atoms with E-state index in [1.807, 2.05) is 0 Å². The molecule has 2 nitrogen and oxygen atoms in total. The number of nitrogens with zero attached hydrogens (tertiary/aromatic N) is 1. The molecule has 0 bridgehead atoms. The largest absolute Gasteiger partial charge is 0.313 e. The van der Waals surface area contributed by atoms with E-state index >= 15 is 0 Å². The fourth-order valence-corrected chi connectivity index (χ4v) is 2.42. The Bertz CT molecular complexity index is 214. The molecule has 2 N–H and O–H groups in total. The predicted octanol–water partition coefficient (Wildman–Crippen LogP) is 1.81. The van der Waals surface area contributed by atoms with Crippen LogP contribution in [0.4, 0.5) is 0 Å². The van der Waals surface area contributed by atoms with Gasteiger partial charge in [-0.2, -0.15) is 5.26 Å². The third-order valence-electron chi connectivity index (χ3n) is 3.34. The van der Waals surface area contributed by atoms with Gasteiger partial charge in [-0.3, -0.25) is 0 Å². The summed E-state index contributed by atoms with van der Waals surface area (Å²) in [5.74, 6) is 1.69. The van der Waals surface area contributed by atoms with Crippen LogP contribution in [0.5, 0.6) is 0 Å². The predicted molar refractivity (Wildman–Crippen MR) is 47.2 cm³/mol. The minimum absolute atomic E-state index is 0.481. The highest BCUT2D eigenvalue weighted by Crippen LogP contribution is 2.45. The van der Waals surface area contributed by atoms with Gasteiger partial charge in [0.1, 0.15) is 5.54 Å². The molecular formula is C10H16N2. The minimum atomic E-state index is -0.481. The first-order valence-corrected chi connectivity index (χ1v) is 4.94. The quantitative estimate of drug-likeness (QED) is 0.642. The maximum absolute atomic E-state index is 8.90. The monoisotopic (exact) mass is 164 g/mol. The number of hydrogen-bond donors (Lipinski definition) is 1. The van der Waals surface area contributed by atoms with Crippen molar-refractivity contribution < 1.29 is 0 Å². The fraction of sp³-hybridized carbons (Fsp3) is 0.900. The van der Waals surface area contributed by atoms with Crippen LogP contribution in [-0.2, 0) is 0 Å². The summed E-state index contributed by atoms with van der Waals surface area (Å²) in [4.78, 5) is 0. The summed E-state index contributed by atoms with van der Waals surface area (Å²) in [6, 6.07) is 2.27. The van der Waals surface area contributed by atoms with Crippen molar-refractivity contribution in [3.8, 4) is 6.07 Å². The maximum Gasteiger partial charge on any atom is 0.104 e. The van der Waals surface area contributed by atoms with Crippen LogP contribution in [-0.4, -0.2) is 5.54 Å². The van der Waals surface area contributed by atoms with E-state index in [1.54, 1.807) is 0 Å². The molecule has 0 saturated heterocycles. The zero-order chi connectivity index (χ0) is 8.60. The first-order valence-electron chi connectivity index (χ1n) is 4.94. The van der Waals surface area contributed by atoms with E-state index in [2.05, 4.69) is 6.07 Å². The van der Waals surface area contributed by atoms with Crippen LogP contribution in [0.1, 0.15) is 38.5 Å². The van der Waals surface area contributed by atoms with Crippen molar-refractivity contribution in [2.75, 3.05) is 0 Å². The molecule has 2 aliphatic rings. The molecule has 2 saturated carbocycles. The van der Waals surface area contributed by atoms with Crippen molar-refractivity contribution in [3.63, 3.8) is 0 Å². The van der Waals surface area contributed by atoms with Crippen LogP contribution < -0.4 is 5.73 Å². The maximum atomic E-state index is 8.90. The van der Waals surface area contributed by atoms with Crippen molar-refractivity contribution in [1.29, 1.82) is 5.26 Å². The van der Waals surface area contributed by atoms with Crippen molar-refractivity contribution in [2.45, 2.75) is 44.1 Å². The molecule has 0 spiro atoms. The van der Waals surface area contributed by atoms with Crippen molar-refractivity contribution in [3.05, 3.63) is 0 Å². The molecular weight excluding hydrogens is 148 g/mol. The van der Waals surface area contributed by atoms with E-state index in [-0.39, 0.29) is 0 Å². The number of nitriles is 1. The van der Waals surface area contributed by atoms with E-state index in [0.717, 1.165) is 31.1 Å². The molecule has 0 radical (unpaired) electrons. The Labute approximate surface area is 73.7 Å². The fourth-order valence-electron chi connectivity index (χ4n) is 2.42. The summed E-state index contributed by atoms with van der Waals surface area (Å²) in [6.45, 7) is 0. The average Bonchev–Trinajstić information content (AvgIpc) is 2.87. The minimum Gasteiger partial charge on any atom is -0.313 e. The van der Waals surface area contributed by atoms with Crippen molar-refractivity contribution >= 4 is 0 Å². The van der Waals surface area contributed by atoms with E-state index in [0.29, 0.717) is 0 Å². The van der Waals surface area contributed by atoms with E-state index in [1.165, 1.54) is 19.3 Å². The lowest BCUT2D eigenvalue weighted by atomic mass is 9.75. The molecule has 0 aromatic carbocycles. The Kier molecular flexibility index (Phi) is 1.84. The zero-order valence-electron chi connectivity index (χ0n) is 7.42. The summed E-state index contributed by atoms with van der Waals surface area (Å²) in [5.41, 5.74) is 5.47. The number of hydrogen-bond acceptors (Lipinski definition) is 2. The molecule has 2 rings (SSSR count). The highest BCUT2D eigenvalue weighted by molar-refractivity contribution is 5.08. The van der Waals surface area contributed by atoms with Crippen LogP contribution in [0.25, 0.3) is 0 Å². The summed E-state index contributed by atoms with van der Waals surface area (Å²) < 4.78 is 0. The van der Waals surface area contributed by atoms with Gasteiger partial charge in [0.15, 0.2) is 0 Å². The average molecular weight is 164 g/mol. The van der Waals surface area contributed by atoms with Gasteiger partial charge in [0.25, 0.3) is 0 Å². The Morgan fingerprint density at radius 3 is 2.58 bits per heavy atom. The second-order valence-corrected chi connectivity index (χ2v) is 4.46. The third-order valence-corrected chi connectivity index (χ3v) is 3.34. The van der Waals surface area contributed by atoms with Gasteiger partial charge in [-0.15, -0.1) is 0 Å². The molecule has 2 aliphatic carbocycles. The van der Waals surface area contributed by atoms with Crippen molar-refractivity contribution in [1.82, 2.24) is 0 Å². The Morgan fingerprint density at radius 1 is 1.25 bits per heavy atom. The summed E-state index contributed by atoms with van der Waals surface area (Å²) >= 11 is 0. The topological polar surface area (TPSA) is 49.8 Å². The lowest BCUT2D eigenvalue weighted by Crippen LogP contribution is -2.43. The first-order chi connectivity index (χ1) is 5.73. The van der Waals surface area contributed by atoms with Gasteiger partial charge in [-0.1, -0.05) is 6.42 Å². The highest BCUT2D eigenvalue weighted by Gasteiger charge is 2.39. The number of nitrogens with two attached hydrogens (primary N) is 1. The van der Waals surface area contributed by atoms with Gasteiger partial charge in [0.2, 0.25) is 0 Å². The van der Waals surface area contributed by atoms with E-state index in [4.69, 9.17) is 11.0 Å². The Balaban J connectivity index is 1.98. The highest BCUT2D eigenvalue weighted by atomic mass is 14.7. The van der Waals surface area contributed by atoms with E-state index in [9.17, 15) is 0 Å². The lowest BCUT2D eigenvalue weighted by molar-refractivity contribution is 0.249. The van der Waals surface area contributed by atoms with Crippen LogP contribution >= 0.6 is 0 Å². The number of rotatable bonds is 1. The Morgan fingerprint density at radius 2 is 2.00 bits per heavy atom. The van der Waals surface area contributed by atoms with Crippen LogP contribution in [0, 0.1) is 23.2 Å². The molecule has 0 heterocycles. The molecule has 0 aromatic rings. The van der Waals surface area contributed by atoms with Crippen LogP contribution in [0.3, 0.4) is 0 Å². The molecule has 12 heavy (non-hydrogen) atoms. The molecule has 0 aromatic heterocycles. The molecule has 66 valence electrons. The lowest BCUT2D eigenvalue weighted by Gasteiger charge is -2.32. The SMILES string of the molecule is N#CC1(N)CCCC(C2CC2)C1. The second kappa shape index (κ2) is 2.74. The van der Waals surface area contributed by atoms with Gasteiger partial charge in [-0.05, 0) is 43.9 Å². The summed E-state index contributed by atoms with van der Waals surface area (Å²) in [5, 5.41) is 8.90. The van der Waals surface area contributed by atoms with Gasteiger partial charge in [0, 0.05) is 0 Å². The first kappa shape index (κ1) is 8.07. The summed E-state index contributed by atoms with van der Waals surface area (Å²) in [7, 11) is 0. The standard InChI is InChI=1S/C10H16N2/c11-7-10(12)5-1-2-9(6-10)8-3-4-8/h8-9H,1-6,12H2. The normalized spacial score (nSPS) is 42.2. The second-order valence-electron chi connectivity index (χ2n) is 4.46. The zero-order valence-corrected chi connectivity index (χ0v) is 7.42. The Hall–Kier alpha value is -0.550. The molecule has 2 fully saturated rings. The van der Waals surface area contributed by atoms with Gasteiger partial charge < -0.3 is 5.73 Å². The molecule has 0 aliphatic heterocycles. The third kappa shape index (κ3) is 1.47. The molecule has 2 atom stereocenters. The summed E-state index contributed by atoms with van der Waals surface area (Å²) in [6.07, 6.45) is 7.09. The van der Waals surface area contributed by atoms with Gasteiger partial charge >= 0.3 is 0 Å². The molecule has 2 unspecified atom stereocenters. The van der Waals surface area contributed by atoms with Gasteiger partial charge in [-0.25, -0.2) is 0 Å². The molecule has 0 amide bonds. The van der Waals surface area contributed by atoms with Gasteiger partial charge in [0.05, 0.1) is 6.07 Å². The van der Waals surface area contributed by atoms with E-state index < -0.39 is 5.54 Å². The van der Waals surface area contributed by atoms with Crippen LogP contribution in [0.2, 0.25) is 0 Å². The van der Waals surface area contributed by atoms with Crippen molar-refractivity contribution in [2.24, 2.45) is 17.6 Å². The smallest absolute Gasteiger partial charge is 0.104 e. The van der Waals surface area contributed by atoms with Crippen LogP contribution in [0.15, 0.2) is 0 Å². The molecule has 2 heteroatoms.